The fourth-order valence-electron chi connectivity index (χ4n) is 1.91. The van der Waals surface area contributed by atoms with E-state index in [-0.39, 0.29) is 0 Å². The Morgan fingerprint density at radius 1 is 1.07 bits per heavy atom. The first kappa shape index (κ1) is 10.0. The van der Waals surface area contributed by atoms with Crippen LogP contribution in [-0.2, 0) is 14.1 Å². The molecule has 1 N–H and O–H groups in total. The molecule has 0 spiro atoms. The lowest BCUT2D eigenvalue weighted by atomic mass is 10.0. The van der Waals surface area contributed by atoms with Crippen molar-refractivity contribution >= 4 is 11.0 Å². The maximum Gasteiger partial charge on any atom is 0.202 e. The number of benzene rings is 1. The van der Waals surface area contributed by atoms with Gasteiger partial charge in [0, 0.05) is 14.1 Å². The van der Waals surface area contributed by atoms with Crippen molar-refractivity contribution in [3.63, 3.8) is 0 Å². The van der Waals surface area contributed by atoms with Gasteiger partial charge >= 0.3 is 0 Å². The molecule has 0 aliphatic rings. The standard InChI is InChI=1S/C12H17N3/c1-8(2)9-5-6-10-11(7-9)15(4)12(13)14(10)3/h5-8,13H,1-4H3. The summed E-state index contributed by atoms with van der Waals surface area (Å²) in [6.45, 7) is 4.37. The Bertz CT molecular complexity index is 558. The molecule has 0 atom stereocenters. The second kappa shape index (κ2) is 3.26. The Morgan fingerprint density at radius 3 is 2.27 bits per heavy atom. The van der Waals surface area contributed by atoms with Gasteiger partial charge in [-0.3, -0.25) is 5.41 Å². The van der Waals surface area contributed by atoms with Gasteiger partial charge in [0.15, 0.2) is 0 Å². The summed E-state index contributed by atoms with van der Waals surface area (Å²) < 4.78 is 3.82. The molecule has 0 aliphatic heterocycles. The van der Waals surface area contributed by atoms with Crippen LogP contribution in [-0.4, -0.2) is 9.13 Å². The number of fused-ring (bicyclic) bond motifs is 1. The van der Waals surface area contributed by atoms with Crippen molar-refractivity contribution in [2.24, 2.45) is 14.1 Å². The fourth-order valence-corrected chi connectivity index (χ4v) is 1.91. The number of aromatic nitrogens is 2. The maximum atomic E-state index is 7.88. The summed E-state index contributed by atoms with van der Waals surface area (Å²) in [5, 5.41) is 7.88. The average Bonchev–Trinajstić information content (AvgIpc) is 2.44. The Labute approximate surface area is 89.5 Å². The van der Waals surface area contributed by atoms with Crippen molar-refractivity contribution in [3.05, 3.63) is 29.4 Å². The number of rotatable bonds is 1. The third-order valence-corrected chi connectivity index (χ3v) is 3.02. The first-order valence-corrected chi connectivity index (χ1v) is 5.22. The summed E-state index contributed by atoms with van der Waals surface area (Å²) in [4.78, 5) is 0. The molecular weight excluding hydrogens is 186 g/mol. The molecule has 2 aromatic rings. The van der Waals surface area contributed by atoms with Crippen LogP contribution in [0.15, 0.2) is 18.2 Å². The minimum atomic E-state index is 0.531. The molecule has 0 unspecified atom stereocenters. The molecule has 0 bridgehead atoms. The van der Waals surface area contributed by atoms with Crippen molar-refractivity contribution < 1.29 is 0 Å². The summed E-state index contributed by atoms with van der Waals surface area (Å²) in [5.74, 6) is 0.531. The highest BCUT2D eigenvalue weighted by Crippen LogP contribution is 2.19. The van der Waals surface area contributed by atoms with Gasteiger partial charge in [0.25, 0.3) is 0 Å². The van der Waals surface area contributed by atoms with Crippen molar-refractivity contribution in [3.8, 4) is 0 Å². The third kappa shape index (κ3) is 1.39. The maximum absolute atomic E-state index is 7.88. The molecule has 0 aliphatic carbocycles. The molecular formula is C12H17N3. The van der Waals surface area contributed by atoms with Gasteiger partial charge in [0.1, 0.15) is 0 Å². The quantitative estimate of drug-likeness (QED) is 0.736. The summed E-state index contributed by atoms with van der Waals surface area (Å²) >= 11 is 0. The number of nitrogens with zero attached hydrogens (tertiary/aromatic N) is 2. The molecule has 2 rings (SSSR count). The van der Waals surface area contributed by atoms with Crippen molar-refractivity contribution in [1.29, 1.82) is 5.41 Å². The molecule has 15 heavy (non-hydrogen) atoms. The van der Waals surface area contributed by atoms with Gasteiger partial charge in [-0.25, -0.2) is 0 Å². The highest BCUT2D eigenvalue weighted by atomic mass is 15.1. The van der Waals surface area contributed by atoms with Gasteiger partial charge in [0.05, 0.1) is 11.0 Å². The van der Waals surface area contributed by atoms with E-state index in [1.54, 1.807) is 0 Å². The summed E-state index contributed by atoms with van der Waals surface area (Å²) in [6, 6.07) is 6.42. The van der Waals surface area contributed by atoms with Crippen LogP contribution < -0.4 is 5.62 Å². The molecule has 1 heterocycles. The van der Waals surface area contributed by atoms with E-state index >= 15 is 0 Å². The SMILES string of the molecule is CC(C)c1ccc2c(c1)n(C)c(=N)n2C. The predicted octanol–water partition coefficient (Wildman–Crippen LogP) is 2.12. The molecule has 3 heteroatoms. The Morgan fingerprint density at radius 2 is 1.67 bits per heavy atom. The molecule has 1 aromatic carbocycles. The number of aryl methyl sites for hydroxylation is 2. The van der Waals surface area contributed by atoms with Crippen LogP contribution in [0.2, 0.25) is 0 Å². The minimum Gasteiger partial charge on any atom is -0.313 e. The van der Waals surface area contributed by atoms with E-state index in [1.807, 2.05) is 23.2 Å². The van der Waals surface area contributed by atoms with Gasteiger partial charge in [-0.1, -0.05) is 19.9 Å². The van der Waals surface area contributed by atoms with E-state index in [1.165, 1.54) is 5.56 Å². The second-order valence-electron chi connectivity index (χ2n) is 4.34. The van der Waals surface area contributed by atoms with Crippen molar-refractivity contribution in [1.82, 2.24) is 9.13 Å². The van der Waals surface area contributed by atoms with Crippen LogP contribution in [0.4, 0.5) is 0 Å². The smallest absolute Gasteiger partial charge is 0.202 e. The Kier molecular flexibility index (Phi) is 2.18. The van der Waals surface area contributed by atoms with Gasteiger partial charge in [0.2, 0.25) is 5.62 Å². The highest BCUT2D eigenvalue weighted by Gasteiger charge is 2.07. The van der Waals surface area contributed by atoms with Crippen molar-refractivity contribution in [2.45, 2.75) is 19.8 Å². The van der Waals surface area contributed by atoms with E-state index in [4.69, 9.17) is 5.41 Å². The van der Waals surface area contributed by atoms with E-state index in [0.717, 1.165) is 11.0 Å². The average molecular weight is 203 g/mol. The zero-order chi connectivity index (χ0) is 11.2. The number of hydrogen-bond donors (Lipinski definition) is 1. The summed E-state index contributed by atoms with van der Waals surface area (Å²) in [6.07, 6.45) is 0. The Hall–Kier alpha value is -1.51. The van der Waals surface area contributed by atoms with Crippen molar-refractivity contribution in [2.75, 3.05) is 0 Å². The lowest BCUT2D eigenvalue weighted by molar-refractivity contribution is 0.742. The Balaban J connectivity index is 2.83. The highest BCUT2D eigenvalue weighted by molar-refractivity contribution is 5.76. The first-order valence-electron chi connectivity index (χ1n) is 5.22. The monoisotopic (exact) mass is 203 g/mol. The molecule has 0 radical (unpaired) electrons. The normalized spacial score (nSPS) is 11.5. The van der Waals surface area contributed by atoms with Crippen LogP contribution in [0.3, 0.4) is 0 Å². The molecule has 3 nitrogen and oxygen atoms in total. The van der Waals surface area contributed by atoms with E-state index in [9.17, 15) is 0 Å². The topological polar surface area (TPSA) is 33.7 Å². The fraction of sp³-hybridized carbons (Fsp3) is 0.417. The lowest BCUT2D eigenvalue weighted by Crippen LogP contribution is -2.19. The van der Waals surface area contributed by atoms with Gasteiger partial charge in [-0.15, -0.1) is 0 Å². The van der Waals surface area contributed by atoms with Gasteiger partial charge in [-0.2, -0.15) is 0 Å². The summed E-state index contributed by atoms with van der Waals surface area (Å²) in [7, 11) is 3.87. The lowest BCUT2D eigenvalue weighted by Gasteiger charge is -2.05. The van der Waals surface area contributed by atoms with Crippen LogP contribution in [0.5, 0.6) is 0 Å². The zero-order valence-electron chi connectivity index (χ0n) is 9.70. The van der Waals surface area contributed by atoms with Gasteiger partial charge in [-0.05, 0) is 23.6 Å². The first-order chi connectivity index (χ1) is 7.02. The van der Waals surface area contributed by atoms with E-state index in [2.05, 4.69) is 32.0 Å². The largest absolute Gasteiger partial charge is 0.313 e. The molecule has 1 aromatic heterocycles. The molecule has 0 saturated carbocycles. The number of imidazole rings is 1. The second-order valence-corrected chi connectivity index (χ2v) is 4.34. The summed E-state index contributed by atoms with van der Waals surface area (Å²) in [5.41, 5.74) is 4.11. The van der Waals surface area contributed by atoms with Gasteiger partial charge < -0.3 is 9.13 Å². The molecule has 0 saturated heterocycles. The zero-order valence-corrected chi connectivity index (χ0v) is 9.70. The van der Waals surface area contributed by atoms with E-state index < -0.39 is 0 Å². The molecule has 0 amide bonds. The minimum absolute atomic E-state index is 0.531. The number of hydrogen-bond acceptors (Lipinski definition) is 1. The van der Waals surface area contributed by atoms with Crippen LogP contribution in [0.1, 0.15) is 25.3 Å². The van der Waals surface area contributed by atoms with Crippen LogP contribution in [0.25, 0.3) is 11.0 Å². The van der Waals surface area contributed by atoms with E-state index in [0.29, 0.717) is 11.5 Å². The molecule has 80 valence electrons. The third-order valence-electron chi connectivity index (χ3n) is 3.02. The van der Waals surface area contributed by atoms with Crippen LogP contribution in [0, 0.1) is 5.41 Å². The molecule has 0 fully saturated rings. The van der Waals surface area contributed by atoms with Crippen LogP contribution >= 0.6 is 0 Å². The predicted molar refractivity (Wildman–Crippen MR) is 61.8 cm³/mol. The number of nitrogens with one attached hydrogen (secondary N) is 1.